The van der Waals surface area contributed by atoms with Crippen LogP contribution < -0.4 is 0 Å². The Kier molecular flexibility index (Phi) is 3.14. The van der Waals surface area contributed by atoms with Crippen LogP contribution in [0.3, 0.4) is 0 Å². The number of pyridine rings is 1. The molecule has 1 aliphatic rings. The summed E-state index contributed by atoms with van der Waals surface area (Å²) in [6.45, 7) is 4.77. The molecule has 1 aliphatic heterocycles. The predicted molar refractivity (Wildman–Crippen MR) is 58.1 cm³/mol. The molecule has 1 saturated heterocycles. The van der Waals surface area contributed by atoms with Crippen molar-refractivity contribution < 1.29 is 0 Å². The lowest BCUT2D eigenvalue weighted by atomic mass is 10.0. The van der Waals surface area contributed by atoms with Gasteiger partial charge in [-0.3, -0.25) is 9.88 Å². The lowest BCUT2D eigenvalue weighted by molar-refractivity contribution is 0.174. The second kappa shape index (κ2) is 4.56. The lowest BCUT2D eigenvalue weighted by Gasteiger charge is -2.32. The Morgan fingerprint density at radius 2 is 2.07 bits per heavy atom. The molecule has 0 N–H and O–H groups in total. The molecule has 0 spiro atoms. The highest BCUT2D eigenvalue weighted by Gasteiger charge is 2.17. The van der Waals surface area contributed by atoms with E-state index in [1.807, 2.05) is 18.5 Å². The monoisotopic (exact) mass is 190 g/mol. The van der Waals surface area contributed by atoms with Crippen LogP contribution in [0.2, 0.25) is 0 Å². The molecular formula is C12H18N2. The van der Waals surface area contributed by atoms with E-state index in [1.54, 1.807) is 0 Å². The van der Waals surface area contributed by atoms with Crippen molar-refractivity contribution in [1.82, 2.24) is 9.88 Å². The summed E-state index contributed by atoms with van der Waals surface area (Å²) in [5.74, 6) is 0. The van der Waals surface area contributed by atoms with Crippen molar-refractivity contribution in [2.45, 2.75) is 32.2 Å². The van der Waals surface area contributed by atoms with Gasteiger partial charge in [-0.1, -0.05) is 12.5 Å². The van der Waals surface area contributed by atoms with Gasteiger partial charge < -0.3 is 0 Å². The Labute approximate surface area is 86.0 Å². The van der Waals surface area contributed by atoms with Crippen LogP contribution in [0.1, 0.15) is 37.8 Å². The zero-order valence-corrected chi connectivity index (χ0v) is 8.82. The van der Waals surface area contributed by atoms with E-state index in [-0.39, 0.29) is 0 Å². The van der Waals surface area contributed by atoms with Crippen molar-refractivity contribution in [3.05, 3.63) is 30.1 Å². The molecule has 1 fully saturated rings. The molecule has 1 atom stereocenters. The van der Waals surface area contributed by atoms with Crippen molar-refractivity contribution >= 4 is 0 Å². The summed E-state index contributed by atoms with van der Waals surface area (Å²) in [5.41, 5.74) is 1.34. The summed E-state index contributed by atoms with van der Waals surface area (Å²) in [5, 5.41) is 0. The zero-order chi connectivity index (χ0) is 9.80. The van der Waals surface area contributed by atoms with Crippen LogP contribution in [-0.4, -0.2) is 23.0 Å². The summed E-state index contributed by atoms with van der Waals surface area (Å²) in [6, 6.07) is 4.73. The molecule has 1 aromatic rings. The average Bonchev–Trinajstić information content (AvgIpc) is 2.30. The van der Waals surface area contributed by atoms with E-state index >= 15 is 0 Å². The molecule has 1 aromatic heterocycles. The number of piperidine rings is 1. The first-order valence-corrected chi connectivity index (χ1v) is 5.52. The fourth-order valence-electron chi connectivity index (χ4n) is 2.14. The number of hydrogen-bond acceptors (Lipinski definition) is 2. The van der Waals surface area contributed by atoms with Gasteiger partial charge in [0.1, 0.15) is 0 Å². The molecule has 0 radical (unpaired) electrons. The molecule has 2 heteroatoms. The van der Waals surface area contributed by atoms with Crippen molar-refractivity contribution in [3.63, 3.8) is 0 Å². The van der Waals surface area contributed by atoms with Crippen LogP contribution in [0.25, 0.3) is 0 Å². The van der Waals surface area contributed by atoms with E-state index in [9.17, 15) is 0 Å². The van der Waals surface area contributed by atoms with Crippen LogP contribution in [0.5, 0.6) is 0 Å². The maximum Gasteiger partial charge on any atom is 0.0335 e. The maximum atomic E-state index is 4.17. The predicted octanol–water partition coefficient (Wildman–Crippen LogP) is 2.63. The third-order valence-corrected chi connectivity index (χ3v) is 3.11. The molecule has 2 nitrogen and oxygen atoms in total. The fourth-order valence-corrected chi connectivity index (χ4v) is 2.14. The standard InChI is InChI=1S/C12H18N2/c1-11(12-6-5-7-13-10-12)14-8-3-2-4-9-14/h5-7,10-11H,2-4,8-9H2,1H3/t11-/m0/s1. The van der Waals surface area contributed by atoms with Crippen LogP contribution in [0.15, 0.2) is 24.5 Å². The average molecular weight is 190 g/mol. The van der Waals surface area contributed by atoms with Gasteiger partial charge in [0.15, 0.2) is 0 Å². The number of aromatic nitrogens is 1. The quantitative estimate of drug-likeness (QED) is 0.712. The Hall–Kier alpha value is -0.890. The minimum absolute atomic E-state index is 0.531. The van der Waals surface area contributed by atoms with Gasteiger partial charge in [0.25, 0.3) is 0 Å². The minimum atomic E-state index is 0.531. The molecule has 0 saturated carbocycles. The minimum Gasteiger partial charge on any atom is -0.297 e. The van der Waals surface area contributed by atoms with Gasteiger partial charge in [0.05, 0.1) is 0 Å². The third-order valence-electron chi connectivity index (χ3n) is 3.11. The fraction of sp³-hybridized carbons (Fsp3) is 0.583. The molecule has 0 aliphatic carbocycles. The molecule has 0 bridgehead atoms. The van der Waals surface area contributed by atoms with Crippen LogP contribution in [0, 0.1) is 0 Å². The largest absolute Gasteiger partial charge is 0.297 e. The Balaban J connectivity index is 2.03. The molecular weight excluding hydrogens is 172 g/mol. The first-order valence-electron chi connectivity index (χ1n) is 5.52. The van der Waals surface area contributed by atoms with Crippen molar-refractivity contribution in [1.29, 1.82) is 0 Å². The van der Waals surface area contributed by atoms with E-state index in [0.717, 1.165) is 0 Å². The highest BCUT2D eigenvalue weighted by Crippen LogP contribution is 2.22. The summed E-state index contributed by atoms with van der Waals surface area (Å²) < 4.78 is 0. The van der Waals surface area contributed by atoms with Crippen LogP contribution >= 0.6 is 0 Å². The number of rotatable bonds is 2. The summed E-state index contributed by atoms with van der Waals surface area (Å²) >= 11 is 0. The number of nitrogens with zero attached hydrogens (tertiary/aromatic N) is 2. The molecule has 0 amide bonds. The van der Waals surface area contributed by atoms with E-state index in [0.29, 0.717) is 6.04 Å². The topological polar surface area (TPSA) is 16.1 Å². The molecule has 14 heavy (non-hydrogen) atoms. The van der Waals surface area contributed by atoms with E-state index in [2.05, 4.69) is 22.9 Å². The van der Waals surface area contributed by atoms with E-state index in [4.69, 9.17) is 0 Å². The van der Waals surface area contributed by atoms with E-state index in [1.165, 1.54) is 37.9 Å². The Morgan fingerprint density at radius 3 is 2.71 bits per heavy atom. The van der Waals surface area contributed by atoms with Gasteiger partial charge in [0, 0.05) is 18.4 Å². The normalized spacial score (nSPS) is 20.6. The van der Waals surface area contributed by atoms with Gasteiger partial charge in [-0.05, 0) is 44.5 Å². The van der Waals surface area contributed by atoms with Gasteiger partial charge in [0.2, 0.25) is 0 Å². The third kappa shape index (κ3) is 2.13. The summed E-state index contributed by atoms with van der Waals surface area (Å²) in [6.07, 6.45) is 7.93. The Bertz CT molecular complexity index is 265. The van der Waals surface area contributed by atoms with Crippen molar-refractivity contribution in [2.75, 3.05) is 13.1 Å². The van der Waals surface area contributed by atoms with Crippen LogP contribution in [-0.2, 0) is 0 Å². The highest BCUT2D eigenvalue weighted by atomic mass is 15.2. The molecule has 0 unspecified atom stereocenters. The molecule has 2 rings (SSSR count). The smallest absolute Gasteiger partial charge is 0.0335 e. The highest BCUT2D eigenvalue weighted by molar-refractivity contribution is 5.13. The number of hydrogen-bond donors (Lipinski definition) is 0. The summed E-state index contributed by atoms with van der Waals surface area (Å²) in [7, 11) is 0. The van der Waals surface area contributed by atoms with Gasteiger partial charge in [-0.2, -0.15) is 0 Å². The van der Waals surface area contributed by atoms with Crippen molar-refractivity contribution in [3.8, 4) is 0 Å². The first kappa shape index (κ1) is 9.66. The molecule has 0 aromatic carbocycles. The molecule has 2 heterocycles. The SMILES string of the molecule is C[C@@H](c1cccnc1)N1CCCCC1. The zero-order valence-electron chi connectivity index (χ0n) is 8.82. The molecule has 76 valence electrons. The van der Waals surface area contributed by atoms with Gasteiger partial charge in [-0.25, -0.2) is 0 Å². The maximum absolute atomic E-state index is 4.17. The number of likely N-dealkylation sites (tertiary alicyclic amines) is 1. The van der Waals surface area contributed by atoms with Crippen molar-refractivity contribution in [2.24, 2.45) is 0 Å². The van der Waals surface area contributed by atoms with Gasteiger partial charge in [-0.15, -0.1) is 0 Å². The second-order valence-corrected chi connectivity index (χ2v) is 4.06. The Morgan fingerprint density at radius 1 is 1.29 bits per heavy atom. The van der Waals surface area contributed by atoms with E-state index < -0.39 is 0 Å². The summed E-state index contributed by atoms with van der Waals surface area (Å²) in [4.78, 5) is 6.73. The lowest BCUT2D eigenvalue weighted by Crippen LogP contribution is -2.32. The van der Waals surface area contributed by atoms with Crippen LogP contribution in [0.4, 0.5) is 0 Å². The first-order chi connectivity index (χ1) is 6.88. The van der Waals surface area contributed by atoms with Gasteiger partial charge >= 0.3 is 0 Å². The second-order valence-electron chi connectivity index (χ2n) is 4.06.